The Kier molecular flexibility index (Phi) is 50.2. The van der Waals surface area contributed by atoms with Gasteiger partial charge in [-0.15, -0.1) is 0 Å². The normalized spacial score (nSPS) is 19.5. The fourth-order valence-corrected chi connectivity index (χ4v) is 10.7. The van der Waals surface area contributed by atoms with E-state index in [1.54, 1.807) is 0 Å². The van der Waals surface area contributed by atoms with Crippen molar-refractivity contribution in [1.82, 2.24) is 5.32 Å². The van der Waals surface area contributed by atoms with Gasteiger partial charge in [0.25, 0.3) is 0 Å². The molecule has 1 rings (SSSR count). The highest BCUT2D eigenvalue weighted by molar-refractivity contribution is 5.76. The van der Waals surface area contributed by atoms with E-state index >= 15 is 0 Å². The molecule has 1 saturated heterocycles. The maximum atomic E-state index is 13.1. The van der Waals surface area contributed by atoms with Gasteiger partial charge >= 0.3 is 0 Å². The van der Waals surface area contributed by atoms with Gasteiger partial charge in [0.1, 0.15) is 30.5 Å². The van der Waals surface area contributed by atoms with Crippen LogP contribution in [0.3, 0.4) is 0 Å². The molecule has 7 N–H and O–H groups in total. The van der Waals surface area contributed by atoms with Crippen LogP contribution in [0.1, 0.15) is 328 Å². The minimum Gasteiger partial charge on any atom is -0.394 e. The molecule has 1 aliphatic rings. The molecule has 0 aromatic heterocycles. The molecule has 0 aliphatic carbocycles. The summed E-state index contributed by atoms with van der Waals surface area (Å²) in [4.78, 5) is 13.1. The first-order valence-corrected chi connectivity index (χ1v) is 31.8. The minimum absolute atomic E-state index is 0.249. The number of rotatable bonds is 56. The van der Waals surface area contributed by atoms with Crippen molar-refractivity contribution < 1.29 is 44.9 Å². The van der Waals surface area contributed by atoms with Crippen molar-refractivity contribution in [3.8, 4) is 0 Å². The number of hydrogen-bond donors (Lipinski definition) is 7. The number of aliphatic hydroxyl groups is 6. The average molecular weight is 1030 g/mol. The van der Waals surface area contributed by atoms with E-state index < -0.39 is 55.6 Å². The minimum atomic E-state index is -1.60. The second kappa shape index (κ2) is 52.2. The van der Waals surface area contributed by atoms with Crippen molar-refractivity contribution in [3.63, 3.8) is 0 Å². The van der Waals surface area contributed by atoms with Crippen LogP contribution in [-0.2, 0) is 14.3 Å². The highest BCUT2D eigenvalue weighted by atomic mass is 16.7. The zero-order valence-electron chi connectivity index (χ0n) is 47.6. The summed E-state index contributed by atoms with van der Waals surface area (Å²) < 4.78 is 11.2. The number of aliphatic hydroxyl groups excluding tert-OH is 6. The number of hydrogen-bond acceptors (Lipinski definition) is 9. The molecule has 1 aliphatic heterocycles. The van der Waals surface area contributed by atoms with E-state index in [9.17, 15) is 35.4 Å². The van der Waals surface area contributed by atoms with E-state index in [4.69, 9.17) is 9.47 Å². The molecule has 10 nitrogen and oxygen atoms in total. The van der Waals surface area contributed by atoms with Crippen LogP contribution in [0, 0.1) is 0 Å². The number of amides is 1. The summed E-state index contributed by atoms with van der Waals surface area (Å²) in [6.07, 6.45) is 52.9. The third kappa shape index (κ3) is 40.4. The van der Waals surface area contributed by atoms with Gasteiger partial charge in [0.15, 0.2) is 6.29 Å². The van der Waals surface area contributed by atoms with Crippen molar-refractivity contribution in [2.75, 3.05) is 13.2 Å². The van der Waals surface area contributed by atoms with Crippen molar-refractivity contribution in [2.24, 2.45) is 0 Å². The monoisotopic (exact) mass is 1030 g/mol. The Morgan fingerprint density at radius 2 is 0.722 bits per heavy atom. The van der Waals surface area contributed by atoms with Crippen LogP contribution in [0.4, 0.5) is 0 Å². The molecule has 8 atom stereocenters. The fourth-order valence-electron chi connectivity index (χ4n) is 10.7. The van der Waals surface area contributed by atoms with E-state index in [1.165, 1.54) is 263 Å². The molecule has 1 heterocycles. The number of ether oxygens (including phenoxy) is 2. The van der Waals surface area contributed by atoms with Gasteiger partial charge in [-0.2, -0.15) is 0 Å². The molecule has 1 amide bonds. The van der Waals surface area contributed by atoms with Crippen LogP contribution in [0.25, 0.3) is 0 Å². The summed E-state index contributed by atoms with van der Waals surface area (Å²) in [7, 11) is 0. The van der Waals surface area contributed by atoms with E-state index in [1.807, 2.05) is 0 Å². The van der Waals surface area contributed by atoms with Crippen molar-refractivity contribution >= 4 is 5.91 Å². The fraction of sp³-hybridized carbons (Fsp3) is 0.984. The third-order valence-corrected chi connectivity index (χ3v) is 15.8. The van der Waals surface area contributed by atoms with Crippen LogP contribution in [0.15, 0.2) is 0 Å². The number of unbranched alkanes of at least 4 members (excludes halogenated alkanes) is 45. The first-order valence-electron chi connectivity index (χ1n) is 31.8. The van der Waals surface area contributed by atoms with Crippen LogP contribution < -0.4 is 5.32 Å². The Balaban J connectivity index is 2.12. The van der Waals surface area contributed by atoms with Crippen molar-refractivity contribution in [2.45, 2.75) is 377 Å². The Bertz CT molecular complexity index is 1110. The molecule has 0 bridgehead atoms. The molecular formula is C62H123NO9. The van der Waals surface area contributed by atoms with Crippen LogP contribution >= 0.6 is 0 Å². The second-order valence-electron chi connectivity index (χ2n) is 22.7. The number of carbonyl (C=O) groups is 1. The molecule has 0 saturated carbocycles. The third-order valence-electron chi connectivity index (χ3n) is 15.8. The number of carbonyl (C=O) groups excluding carboxylic acids is 1. The number of nitrogens with one attached hydrogen (secondary N) is 1. The Labute approximate surface area is 445 Å². The Hall–Kier alpha value is -0.850. The molecule has 0 spiro atoms. The lowest BCUT2D eigenvalue weighted by Crippen LogP contribution is -2.60. The second-order valence-corrected chi connectivity index (χ2v) is 22.7. The molecule has 0 radical (unpaired) electrons. The Morgan fingerprint density at radius 3 is 1.03 bits per heavy atom. The SMILES string of the molecule is CCCCCCCCCCCCCCCCCCCCCCCCCCCCCCCCCCC(=O)N[C@@H](CO[C@@H]1O[C@H](CO)[C@@H](O)C(O)C1O)[C@H](O)[C@H](O)CCCCCCCCCCCCCCCCC. The molecule has 10 heteroatoms. The predicted molar refractivity (Wildman–Crippen MR) is 301 cm³/mol. The molecule has 0 aromatic rings. The quantitative estimate of drug-likeness (QED) is 0.0293. The van der Waals surface area contributed by atoms with Crippen molar-refractivity contribution in [3.05, 3.63) is 0 Å². The van der Waals surface area contributed by atoms with Gasteiger partial charge in [-0.25, -0.2) is 0 Å². The highest BCUT2D eigenvalue weighted by Gasteiger charge is 2.44. The van der Waals surface area contributed by atoms with E-state index in [2.05, 4.69) is 19.2 Å². The van der Waals surface area contributed by atoms with Gasteiger partial charge in [0.2, 0.25) is 5.91 Å². The topological polar surface area (TPSA) is 169 Å². The lowest BCUT2D eigenvalue weighted by molar-refractivity contribution is -0.303. The molecule has 72 heavy (non-hydrogen) atoms. The highest BCUT2D eigenvalue weighted by Crippen LogP contribution is 2.24. The molecule has 430 valence electrons. The standard InChI is InChI=1S/C62H123NO9/c1-3-5-7-9-11-13-15-17-19-20-21-22-23-24-25-26-27-28-29-30-31-32-33-34-35-37-39-41-43-45-47-49-51-57(66)63-54(53-71-62-61(70)60(69)59(68)56(52-64)72-62)58(67)55(65)50-48-46-44-42-40-38-36-18-16-14-12-10-8-6-4-2/h54-56,58-62,64-65,67-70H,3-53H2,1-2H3,(H,63,66)/t54-,55+,56+,58-,59+,60?,61?,62+/m0/s1. The van der Waals surface area contributed by atoms with Crippen molar-refractivity contribution in [1.29, 1.82) is 0 Å². The molecule has 2 unspecified atom stereocenters. The van der Waals surface area contributed by atoms with E-state index in [0.717, 1.165) is 38.5 Å². The summed E-state index contributed by atoms with van der Waals surface area (Å²) in [5.74, 6) is -0.249. The first kappa shape index (κ1) is 69.2. The summed E-state index contributed by atoms with van der Waals surface area (Å²) in [6, 6.07) is -0.987. The maximum Gasteiger partial charge on any atom is 0.220 e. The zero-order valence-corrected chi connectivity index (χ0v) is 47.6. The molecule has 1 fully saturated rings. The van der Waals surface area contributed by atoms with Gasteiger partial charge < -0.3 is 45.4 Å². The van der Waals surface area contributed by atoms with E-state index in [-0.39, 0.29) is 18.9 Å². The summed E-state index contributed by atoms with van der Waals surface area (Å²) in [5, 5.41) is 65.6. The summed E-state index contributed by atoms with van der Waals surface area (Å²) in [5.41, 5.74) is 0. The maximum absolute atomic E-state index is 13.1. The molecular weight excluding hydrogens is 903 g/mol. The first-order chi connectivity index (χ1) is 35.3. The molecule has 0 aromatic carbocycles. The van der Waals surface area contributed by atoms with Gasteiger partial charge in [-0.3, -0.25) is 4.79 Å². The van der Waals surface area contributed by atoms with Gasteiger partial charge in [-0.1, -0.05) is 309 Å². The lowest BCUT2D eigenvalue weighted by atomic mass is 9.98. The average Bonchev–Trinajstić information content (AvgIpc) is 3.38. The predicted octanol–water partition coefficient (Wildman–Crippen LogP) is 15.2. The summed E-state index contributed by atoms with van der Waals surface area (Å²) >= 11 is 0. The largest absolute Gasteiger partial charge is 0.394 e. The summed E-state index contributed by atoms with van der Waals surface area (Å²) in [6.45, 7) is 3.66. The van der Waals surface area contributed by atoms with Crippen LogP contribution in [0.5, 0.6) is 0 Å². The lowest BCUT2D eigenvalue weighted by Gasteiger charge is -2.40. The van der Waals surface area contributed by atoms with Gasteiger partial charge in [0, 0.05) is 6.42 Å². The van der Waals surface area contributed by atoms with Crippen LogP contribution in [0.2, 0.25) is 0 Å². The van der Waals surface area contributed by atoms with Gasteiger partial charge in [-0.05, 0) is 12.8 Å². The van der Waals surface area contributed by atoms with Crippen LogP contribution in [-0.4, -0.2) is 98.7 Å². The van der Waals surface area contributed by atoms with E-state index in [0.29, 0.717) is 6.42 Å². The smallest absolute Gasteiger partial charge is 0.220 e. The van der Waals surface area contributed by atoms with Gasteiger partial charge in [0.05, 0.1) is 25.4 Å². The zero-order chi connectivity index (χ0) is 52.4. The Morgan fingerprint density at radius 1 is 0.431 bits per heavy atom.